The van der Waals surface area contributed by atoms with Gasteiger partial charge in [0.1, 0.15) is 0 Å². The summed E-state index contributed by atoms with van der Waals surface area (Å²) in [6, 6.07) is 8.06. The Bertz CT molecular complexity index is 831. The van der Waals surface area contributed by atoms with E-state index in [0.29, 0.717) is 24.8 Å². The lowest BCUT2D eigenvalue weighted by Crippen LogP contribution is -2.48. The largest absolute Gasteiger partial charge is 0.368 e. The van der Waals surface area contributed by atoms with Gasteiger partial charge in [-0.05, 0) is 44.0 Å². The molecule has 2 aliphatic rings. The summed E-state index contributed by atoms with van der Waals surface area (Å²) in [5.74, 6) is 0.0388. The van der Waals surface area contributed by atoms with Crippen molar-refractivity contribution in [3.63, 3.8) is 0 Å². The lowest BCUT2D eigenvalue weighted by Gasteiger charge is -2.35. The van der Waals surface area contributed by atoms with Crippen molar-refractivity contribution in [1.29, 1.82) is 0 Å². The summed E-state index contributed by atoms with van der Waals surface area (Å²) < 4.78 is 1.89. The monoisotopic (exact) mass is 381 g/mol. The van der Waals surface area contributed by atoms with Crippen LogP contribution in [0.3, 0.4) is 0 Å². The van der Waals surface area contributed by atoms with Crippen molar-refractivity contribution in [2.24, 2.45) is 0 Å². The quantitative estimate of drug-likeness (QED) is 0.762. The van der Waals surface area contributed by atoms with Crippen molar-refractivity contribution in [1.82, 2.24) is 19.9 Å². The van der Waals surface area contributed by atoms with E-state index >= 15 is 0 Å². The van der Waals surface area contributed by atoms with Crippen LogP contribution in [0.2, 0.25) is 0 Å². The number of ketones is 1. The Balaban J connectivity index is 1.35. The number of benzene rings is 1. The van der Waals surface area contributed by atoms with Crippen molar-refractivity contribution in [2.45, 2.75) is 45.1 Å². The molecule has 1 aliphatic carbocycles. The molecule has 148 valence electrons. The molecule has 1 saturated heterocycles. The number of rotatable bonds is 4. The van der Waals surface area contributed by atoms with Crippen LogP contribution in [0.1, 0.15) is 65.9 Å². The van der Waals surface area contributed by atoms with Crippen LogP contribution in [-0.2, 0) is 0 Å². The fourth-order valence-corrected chi connectivity index (χ4v) is 4.14. The van der Waals surface area contributed by atoms with E-state index in [0.717, 1.165) is 37.2 Å². The minimum Gasteiger partial charge on any atom is -0.368 e. The molecule has 0 atom stereocenters. The first-order valence-corrected chi connectivity index (χ1v) is 10.2. The second-order valence-electron chi connectivity index (χ2n) is 7.76. The lowest BCUT2D eigenvalue weighted by atomic mass is 9.96. The molecule has 0 unspecified atom stereocenters. The molecular formula is C21H27N5O2. The molecule has 0 N–H and O–H groups in total. The summed E-state index contributed by atoms with van der Waals surface area (Å²) in [6.45, 7) is 4.42. The first-order chi connectivity index (χ1) is 13.6. The van der Waals surface area contributed by atoms with Gasteiger partial charge >= 0.3 is 0 Å². The molecule has 7 nitrogen and oxygen atoms in total. The van der Waals surface area contributed by atoms with Gasteiger partial charge in [0.15, 0.2) is 11.5 Å². The summed E-state index contributed by atoms with van der Waals surface area (Å²) in [5.41, 5.74) is 2.25. The topological polar surface area (TPSA) is 71.3 Å². The van der Waals surface area contributed by atoms with E-state index in [4.69, 9.17) is 0 Å². The molecule has 1 aromatic carbocycles. The first-order valence-electron chi connectivity index (χ1n) is 10.2. The second-order valence-corrected chi connectivity index (χ2v) is 7.76. The van der Waals surface area contributed by atoms with E-state index in [1.807, 2.05) is 40.0 Å². The van der Waals surface area contributed by atoms with Gasteiger partial charge in [-0.1, -0.05) is 24.5 Å². The number of hydrogen-bond acceptors (Lipinski definition) is 5. The third-order valence-electron chi connectivity index (χ3n) is 5.88. The average Bonchev–Trinajstić information content (AvgIpc) is 3.24. The van der Waals surface area contributed by atoms with Crippen molar-refractivity contribution >= 4 is 17.4 Å². The Labute approximate surface area is 165 Å². The zero-order valence-corrected chi connectivity index (χ0v) is 16.4. The summed E-state index contributed by atoms with van der Waals surface area (Å²) in [4.78, 5) is 28.3. The number of anilines is 1. The smallest absolute Gasteiger partial charge is 0.276 e. The Hall–Kier alpha value is -2.70. The van der Waals surface area contributed by atoms with Gasteiger partial charge in [0.2, 0.25) is 0 Å². The fourth-order valence-electron chi connectivity index (χ4n) is 4.14. The number of carbonyl (C=O) groups is 2. The van der Waals surface area contributed by atoms with Gasteiger partial charge in [0.25, 0.3) is 5.91 Å². The van der Waals surface area contributed by atoms with Crippen molar-refractivity contribution < 1.29 is 9.59 Å². The van der Waals surface area contributed by atoms with Crippen LogP contribution in [0.15, 0.2) is 30.5 Å². The van der Waals surface area contributed by atoms with E-state index in [-0.39, 0.29) is 11.7 Å². The maximum atomic E-state index is 12.8. The molecule has 2 fully saturated rings. The summed E-state index contributed by atoms with van der Waals surface area (Å²) in [7, 11) is 0. The maximum Gasteiger partial charge on any atom is 0.276 e. The molecule has 0 bridgehead atoms. The Morgan fingerprint density at radius 1 is 0.964 bits per heavy atom. The third-order valence-corrected chi connectivity index (χ3v) is 5.88. The molecule has 7 heteroatoms. The minimum absolute atomic E-state index is 0.0337. The van der Waals surface area contributed by atoms with Crippen LogP contribution >= 0.6 is 0 Å². The van der Waals surface area contributed by atoms with E-state index in [1.54, 1.807) is 6.92 Å². The van der Waals surface area contributed by atoms with Crippen LogP contribution in [0.25, 0.3) is 0 Å². The molecule has 0 radical (unpaired) electrons. The SMILES string of the molecule is CC(=O)c1ccc(N2CCN(C(=O)c3cn(C4CCCCC4)nn3)CC2)cc1. The van der Waals surface area contributed by atoms with Gasteiger partial charge in [0.05, 0.1) is 12.2 Å². The third kappa shape index (κ3) is 3.93. The first kappa shape index (κ1) is 18.7. The highest BCUT2D eigenvalue weighted by Gasteiger charge is 2.25. The normalized spacial score (nSPS) is 18.3. The second kappa shape index (κ2) is 8.12. The molecular weight excluding hydrogens is 354 g/mol. The van der Waals surface area contributed by atoms with Crippen molar-refractivity contribution in [3.8, 4) is 0 Å². The summed E-state index contributed by atoms with van der Waals surface area (Å²) in [5, 5.41) is 8.37. The molecule has 2 aromatic rings. The average molecular weight is 381 g/mol. The fraction of sp³-hybridized carbons (Fsp3) is 0.524. The number of carbonyl (C=O) groups excluding carboxylic acids is 2. The zero-order valence-electron chi connectivity index (χ0n) is 16.4. The Morgan fingerprint density at radius 2 is 1.64 bits per heavy atom. The number of nitrogens with zero attached hydrogens (tertiary/aromatic N) is 5. The van der Waals surface area contributed by atoms with Gasteiger partial charge in [-0.25, -0.2) is 4.68 Å². The molecule has 28 heavy (non-hydrogen) atoms. The van der Waals surface area contributed by atoms with Crippen molar-refractivity contribution in [2.75, 3.05) is 31.1 Å². The standard InChI is InChI=1S/C21H27N5O2/c1-16(27)17-7-9-18(10-8-17)24-11-13-25(14-12-24)21(28)20-15-26(23-22-20)19-5-3-2-4-6-19/h7-10,15,19H,2-6,11-14H2,1H3. The summed E-state index contributed by atoms with van der Waals surface area (Å²) >= 11 is 0. The van der Waals surface area contributed by atoms with Crippen LogP contribution in [-0.4, -0.2) is 57.8 Å². The number of aromatic nitrogens is 3. The van der Waals surface area contributed by atoms with Crippen LogP contribution in [0.5, 0.6) is 0 Å². The van der Waals surface area contributed by atoms with Gasteiger partial charge in [-0.3, -0.25) is 9.59 Å². The van der Waals surface area contributed by atoms with E-state index < -0.39 is 0 Å². The zero-order chi connectivity index (χ0) is 19.5. The highest BCUT2D eigenvalue weighted by Crippen LogP contribution is 2.27. The molecule has 1 amide bonds. The van der Waals surface area contributed by atoms with E-state index in [2.05, 4.69) is 15.2 Å². The molecule has 4 rings (SSSR count). The van der Waals surface area contributed by atoms with Crippen LogP contribution in [0, 0.1) is 0 Å². The number of piperazine rings is 1. The van der Waals surface area contributed by atoms with Gasteiger partial charge in [-0.2, -0.15) is 0 Å². The number of Topliss-reactive ketones (excluding diaryl/α,β-unsaturated/α-hetero) is 1. The van der Waals surface area contributed by atoms with Crippen molar-refractivity contribution in [3.05, 3.63) is 41.7 Å². The van der Waals surface area contributed by atoms with Gasteiger partial charge < -0.3 is 9.80 Å². The van der Waals surface area contributed by atoms with Gasteiger partial charge in [0, 0.05) is 37.4 Å². The molecule has 2 heterocycles. The lowest BCUT2D eigenvalue weighted by molar-refractivity contribution is 0.0740. The maximum absolute atomic E-state index is 12.8. The van der Waals surface area contributed by atoms with E-state index in [1.165, 1.54) is 19.3 Å². The molecule has 1 aliphatic heterocycles. The molecule has 1 saturated carbocycles. The van der Waals surface area contributed by atoms with Crippen LogP contribution < -0.4 is 4.90 Å². The molecule has 1 aromatic heterocycles. The van der Waals surface area contributed by atoms with Gasteiger partial charge in [-0.15, -0.1) is 5.10 Å². The predicted molar refractivity (Wildman–Crippen MR) is 107 cm³/mol. The number of hydrogen-bond donors (Lipinski definition) is 0. The number of amides is 1. The highest BCUT2D eigenvalue weighted by molar-refractivity contribution is 5.94. The Morgan fingerprint density at radius 3 is 2.29 bits per heavy atom. The van der Waals surface area contributed by atoms with Crippen LogP contribution in [0.4, 0.5) is 5.69 Å². The Kier molecular flexibility index (Phi) is 5.41. The predicted octanol–water partition coefficient (Wildman–Crippen LogP) is 2.95. The molecule has 0 spiro atoms. The minimum atomic E-state index is -0.0337. The highest BCUT2D eigenvalue weighted by atomic mass is 16.2. The van der Waals surface area contributed by atoms with E-state index in [9.17, 15) is 9.59 Å². The summed E-state index contributed by atoms with van der Waals surface area (Å²) in [6.07, 6.45) is 7.81.